The molecule has 0 heterocycles. The van der Waals surface area contributed by atoms with Gasteiger partial charge in [0.2, 0.25) is 0 Å². The summed E-state index contributed by atoms with van der Waals surface area (Å²) in [7, 11) is 0. The Kier molecular flexibility index (Phi) is 3.50. The number of nitrogens with zero attached hydrogens (tertiary/aromatic N) is 1. The summed E-state index contributed by atoms with van der Waals surface area (Å²) in [4.78, 5) is 22.8. The molecular formula is C14H18N4O3. The van der Waals surface area contributed by atoms with Gasteiger partial charge in [-0.05, 0) is 43.6 Å². The molecule has 112 valence electrons. The number of carbonyl (C=O) groups excluding carboxylic acids is 1. The lowest BCUT2D eigenvalue weighted by Crippen LogP contribution is -2.38. The lowest BCUT2D eigenvalue weighted by molar-refractivity contribution is -0.384. The molecule has 3 rings (SSSR count). The van der Waals surface area contributed by atoms with Crippen LogP contribution in [0.1, 0.15) is 36.0 Å². The molecule has 1 aromatic rings. The minimum absolute atomic E-state index is 0.117. The first-order chi connectivity index (χ1) is 10.1. The fraction of sp³-hybridized carbons (Fsp3) is 0.500. The minimum Gasteiger partial charge on any atom is -0.349 e. The number of non-ortho nitro benzene ring substituents is 1. The van der Waals surface area contributed by atoms with Crippen LogP contribution in [0.25, 0.3) is 0 Å². The number of nitrogen functional groups attached to an aromatic ring is 1. The molecule has 2 saturated carbocycles. The van der Waals surface area contributed by atoms with Crippen LogP contribution in [0.4, 0.5) is 11.4 Å². The zero-order valence-corrected chi connectivity index (χ0v) is 11.5. The highest BCUT2D eigenvalue weighted by atomic mass is 16.6. The van der Waals surface area contributed by atoms with E-state index in [0.717, 1.165) is 25.7 Å². The predicted octanol–water partition coefficient (Wildman–Crippen LogP) is 1.80. The highest BCUT2D eigenvalue weighted by Gasteiger charge is 2.42. The van der Waals surface area contributed by atoms with Crippen LogP contribution >= 0.6 is 0 Å². The van der Waals surface area contributed by atoms with E-state index in [-0.39, 0.29) is 23.2 Å². The summed E-state index contributed by atoms with van der Waals surface area (Å²) in [5.41, 5.74) is 2.92. The largest absolute Gasteiger partial charge is 0.349 e. The number of hydrogen-bond donors (Lipinski definition) is 3. The molecule has 0 atom stereocenters. The summed E-state index contributed by atoms with van der Waals surface area (Å²) < 4.78 is 0. The van der Waals surface area contributed by atoms with Crippen molar-refractivity contribution in [3.63, 3.8) is 0 Å². The molecule has 0 saturated heterocycles. The standard InChI is InChI=1S/C14H18N4O3/c15-17-12-6-5-10(18(20)21)7-11(12)14(19)16-13(8-1-2-8)9-3-4-9/h5-9,13,17H,1-4,15H2,(H,16,19). The SMILES string of the molecule is NNc1ccc([N+](=O)[O-])cc1C(=O)NC(C1CC1)C1CC1. The number of nitro benzene ring substituents is 1. The van der Waals surface area contributed by atoms with Crippen molar-refractivity contribution in [2.45, 2.75) is 31.7 Å². The Morgan fingerprint density at radius 3 is 2.38 bits per heavy atom. The lowest BCUT2D eigenvalue weighted by atomic mass is 10.1. The summed E-state index contributed by atoms with van der Waals surface area (Å²) in [6, 6.07) is 4.24. The fourth-order valence-corrected chi connectivity index (χ4v) is 2.72. The van der Waals surface area contributed by atoms with Crippen LogP contribution in [-0.4, -0.2) is 16.9 Å². The molecular weight excluding hydrogens is 272 g/mol. The van der Waals surface area contributed by atoms with Crippen molar-refractivity contribution in [2.24, 2.45) is 17.7 Å². The van der Waals surface area contributed by atoms with Gasteiger partial charge in [-0.3, -0.25) is 20.8 Å². The van der Waals surface area contributed by atoms with Crippen molar-refractivity contribution in [2.75, 3.05) is 5.43 Å². The van der Waals surface area contributed by atoms with E-state index in [9.17, 15) is 14.9 Å². The molecule has 2 aliphatic rings. The van der Waals surface area contributed by atoms with Gasteiger partial charge in [0, 0.05) is 18.2 Å². The number of nitrogens with two attached hydrogens (primary N) is 1. The third kappa shape index (κ3) is 2.97. The van der Waals surface area contributed by atoms with Crippen LogP contribution in [0, 0.1) is 22.0 Å². The van der Waals surface area contributed by atoms with Gasteiger partial charge >= 0.3 is 0 Å². The number of carbonyl (C=O) groups is 1. The van der Waals surface area contributed by atoms with Crippen molar-refractivity contribution in [1.82, 2.24) is 5.32 Å². The number of nitrogens with one attached hydrogen (secondary N) is 2. The molecule has 7 nitrogen and oxygen atoms in total. The van der Waals surface area contributed by atoms with E-state index in [2.05, 4.69) is 10.7 Å². The zero-order chi connectivity index (χ0) is 15.0. The van der Waals surface area contributed by atoms with Crippen molar-refractivity contribution in [3.8, 4) is 0 Å². The van der Waals surface area contributed by atoms with E-state index in [1.807, 2.05) is 0 Å². The van der Waals surface area contributed by atoms with Crippen molar-refractivity contribution < 1.29 is 9.72 Å². The van der Waals surface area contributed by atoms with E-state index < -0.39 is 4.92 Å². The highest BCUT2D eigenvalue weighted by molar-refractivity contribution is 6.00. The first kappa shape index (κ1) is 13.8. The van der Waals surface area contributed by atoms with Crippen molar-refractivity contribution in [1.29, 1.82) is 0 Å². The van der Waals surface area contributed by atoms with Gasteiger partial charge in [0.15, 0.2) is 0 Å². The summed E-state index contributed by atoms with van der Waals surface area (Å²) in [6.45, 7) is 0. The number of nitro groups is 1. The maximum atomic E-state index is 12.4. The monoisotopic (exact) mass is 290 g/mol. The Bertz CT molecular complexity index is 570. The molecule has 0 unspecified atom stereocenters. The molecule has 0 bridgehead atoms. The quantitative estimate of drug-likeness (QED) is 0.420. The minimum atomic E-state index is -0.518. The second-order valence-corrected chi connectivity index (χ2v) is 5.81. The molecule has 0 aliphatic heterocycles. The second-order valence-electron chi connectivity index (χ2n) is 5.81. The van der Waals surface area contributed by atoms with Gasteiger partial charge in [0.25, 0.3) is 11.6 Å². The number of amides is 1. The third-order valence-electron chi connectivity index (χ3n) is 4.17. The molecule has 0 radical (unpaired) electrons. The Morgan fingerprint density at radius 1 is 1.29 bits per heavy atom. The van der Waals surface area contributed by atoms with E-state index in [0.29, 0.717) is 17.5 Å². The number of hydrogen-bond acceptors (Lipinski definition) is 5. The molecule has 2 fully saturated rings. The van der Waals surface area contributed by atoms with Gasteiger partial charge in [-0.25, -0.2) is 0 Å². The van der Waals surface area contributed by atoms with Crippen LogP contribution in [0.15, 0.2) is 18.2 Å². The van der Waals surface area contributed by atoms with Gasteiger partial charge in [-0.2, -0.15) is 0 Å². The first-order valence-electron chi connectivity index (χ1n) is 7.16. The van der Waals surface area contributed by atoms with Crippen LogP contribution in [0.5, 0.6) is 0 Å². The Morgan fingerprint density at radius 2 is 1.90 bits per heavy atom. The summed E-state index contributed by atoms with van der Waals surface area (Å²) >= 11 is 0. The highest BCUT2D eigenvalue weighted by Crippen LogP contribution is 2.44. The van der Waals surface area contributed by atoms with Gasteiger partial charge in [0.05, 0.1) is 16.2 Å². The van der Waals surface area contributed by atoms with Crippen LogP contribution in [0.2, 0.25) is 0 Å². The molecule has 7 heteroatoms. The number of benzene rings is 1. The molecule has 0 aromatic heterocycles. The van der Waals surface area contributed by atoms with Gasteiger partial charge in [-0.1, -0.05) is 0 Å². The molecule has 1 amide bonds. The van der Waals surface area contributed by atoms with E-state index in [1.165, 1.54) is 18.2 Å². The maximum Gasteiger partial charge on any atom is 0.270 e. The van der Waals surface area contributed by atoms with Crippen LogP contribution in [-0.2, 0) is 0 Å². The number of rotatable bonds is 6. The summed E-state index contributed by atoms with van der Waals surface area (Å²) in [6.07, 6.45) is 4.60. The fourth-order valence-electron chi connectivity index (χ4n) is 2.72. The molecule has 21 heavy (non-hydrogen) atoms. The number of anilines is 1. The van der Waals surface area contributed by atoms with Gasteiger partial charge in [0.1, 0.15) is 0 Å². The van der Waals surface area contributed by atoms with Crippen molar-refractivity contribution >= 4 is 17.3 Å². The lowest BCUT2D eigenvalue weighted by Gasteiger charge is -2.18. The Labute approximate surface area is 122 Å². The Balaban J connectivity index is 1.81. The topological polar surface area (TPSA) is 110 Å². The van der Waals surface area contributed by atoms with E-state index in [1.54, 1.807) is 0 Å². The smallest absolute Gasteiger partial charge is 0.270 e. The molecule has 0 spiro atoms. The predicted molar refractivity (Wildman–Crippen MR) is 77.6 cm³/mol. The molecule has 2 aliphatic carbocycles. The third-order valence-corrected chi connectivity index (χ3v) is 4.17. The van der Waals surface area contributed by atoms with Crippen LogP contribution in [0.3, 0.4) is 0 Å². The van der Waals surface area contributed by atoms with Crippen LogP contribution < -0.4 is 16.6 Å². The van der Waals surface area contributed by atoms with Gasteiger partial charge in [-0.15, -0.1) is 0 Å². The first-order valence-corrected chi connectivity index (χ1v) is 7.16. The summed E-state index contributed by atoms with van der Waals surface area (Å²) in [5, 5.41) is 13.9. The summed E-state index contributed by atoms with van der Waals surface area (Å²) in [5.74, 6) is 6.22. The maximum absolute atomic E-state index is 12.4. The van der Waals surface area contributed by atoms with E-state index >= 15 is 0 Å². The normalized spacial score (nSPS) is 17.6. The van der Waals surface area contributed by atoms with Gasteiger partial charge < -0.3 is 10.7 Å². The average molecular weight is 290 g/mol. The van der Waals surface area contributed by atoms with Crippen molar-refractivity contribution in [3.05, 3.63) is 33.9 Å². The number of hydrazine groups is 1. The van der Waals surface area contributed by atoms with E-state index in [4.69, 9.17) is 5.84 Å². The molecule has 1 aromatic carbocycles. The second kappa shape index (κ2) is 5.33. The molecule has 4 N–H and O–H groups in total. The Hall–Kier alpha value is -2.15. The zero-order valence-electron chi connectivity index (χ0n) is 11.5. The average Bonchev–Trinajstić information content (AvgIpc) is 3.37.